The van der Waals surface area contributed by atoms with Crippen molar-refractivity contribution >= 4 is 46.9 Å². The van der Waals surface area contributed by atoms with Crippen LogP contribution in [0.15, 0.2) is 42.5 Å². The number of rotatable bonds is 8. The van der Waals surface area contributed by atoms with E-state index in [1.54, 1.807) is 19.9 Å². The lowest BCUT2D eigenvalue weighted by atomic mass is 9.96. The van der Waals surface area contributed by atoms with Crippen molar-refractivity contribution in [1.82, 2.24) is 5.32 Å². The molecule has 1 N–H and O–H groups in total. The van der Waals surface area contributed by atoms with Crippen LogP contribution in [0.3, 0.4) is 0 Å². The molecule has 2 rings (SSSR count). The van der Waals surface area contributed by atoms with Crippen LogP contribution in [0.4, 0.5) is 26.3 Å². The quantitative estimate of drug-likeness (QED) is 0.341. The summed E-state index contributed by atoms with van der Waals surface area (Å²) >= 11 is 12.4. The first kappa shape index (κ1) is 28.4. The number of aryl methyl sites for hydroxylation is 1. The Labute approximate surface area is 207 Å². The van der Waals surface area contributed by atoms with Crippen LogP contribution >= 0.6 is 35.0 Å². The highest BCUT2D eigenvalue weighted by Crippen LogP contribution is 2.38. The van der Waals surface area contributed by atoms with E-state index >= 15 is 0 Å². The van der Waals surface area contributed by atoms with Crippen molar-refractivity contribution in [2.75, 3.05) is 11.5 Å². The summed E-state index contributed by atoms with van der Waals surface area (Å²) in [7, 11) is 0. The molecule has 1 amide bonds. The van der Waals surface area contributed by atoms with Crippen molar-refractivity contribution in [3.05, 3.63) is 74.8 Å². The molecule has 0 saturated carbocycles. The molecule has 0 bridgehead atoms. The lowest BCUT2D eigenvalue weighted by Crippen LogP contribution is -2.35. The fourth-order valence-corrected chi connectivity index (χ4v) is 4.44. The Morgan fingerprint density at radius 2 is 1.68 bits per heavy atom. The SMILES string of the molecule is Cc1cc(/C=C/C(c2cc(Cl)cc(Cl)c2)C(F)(F)F)ccc1C(=O)NC(C)CSCC(F)(F)F. The first-order chi connectivity index (χ1) is 15.7. The van der Waals surface area contributed by atoms with Crippen molar-refractivity contribution in [3.8, 4) is 0 Å². The number of nitrogens with one attached hydrogen (secondary N) is 1. The number of amides is 1. The molecule has 0 aliphatic carbocycles. The van der Waals surface area contributed by atoms with Crippen molar-refractivity contribution in [3.63, 3.8) is 0 Å². The Balaban J connectivity index is 2.13. The second kappa shape index (κ2) is 11.7. The topological polar surface area (TPSA) is 29.1 Å². The third-order valence-corrected chi connectivity index (χ3v) is 6.29. The highest BCUT2D eigenvalue weighted by Gasteiger charge is 2.39. The van der Waals surface area contributed by atoms with Crippen molar-refractivity contribution in [2.24, 2.45) is 0 Å². The van der Waals surface area contributed by atoms with E-state index in [2.05, 4.69) is 5.32 Å². The van der Waals surface area contributed by atoms with Crippen LogP contribution in [-0.2, 0) is 0 Å². The van der Waals surface area contributed by atoms with Gasteiger partial charge in [-0.15, -0.1) is 0 Å². The predicted molar refractivity (Wildman–Crippen MR) is 126 cm³/mol. The van der Waals surface area contributed by atoms with Gasteiger partial charge in [-0.1, -0.05) is 47.5 Å². The minimum atomic E-state index is -4.58. The number of carbonyl (C=O) groups excluding carboxylic acids is 1. The lowest BCUT2D eigenvalue weighted by Gasteiger charge is -2.18. The third kappa shape index (κ3) is 9.07. The highest BCUT2D eigenvalue weighted by molar-refractivity contribution is 7.99. The Morgan fingerprint density at radius 1 is 1.06 bits per heavy atom. The van der Waals surface area contributed by atoms with Crippen molar-refractivity contribution in [2.45, 2.75) is 38.2 Å². The van der Waals surface area contributed by atoms with Gasteiger partial charge in [-0.05, 0) is 54.8 Å². The molecular weight excluding hydrogens is 523 g/mol. The molecule has 2 aromatic carbocycles. The second-order valence-electron chi connectivity index (χ2n) is 7.66. The largest absolute Gasteiger partial charge is 0.399 e. The van der Waals surface area contributed by atoms with Gasteiger partial charge < -0.3 is 5.32 Å². The molecule has 0 aliphatic heterocycles. The number of allylic oxidation sites excluding steroid dienone is 1. The van der Waals surface area contributed by atoms with Gasteiger partial charge in [0.05, 0.1) is 11.7 Å². The van der Waals surface area contributed by atoms with Gasteiger partial charge in [0.25, 0.3) is 5.91 Å². The predicted octanol–water partition coefficient (Wildman–Crippen LogP) is 8.07. The molecule has 11 heteroatoms. The molecule has 0 aliphatic rings. The lowest BCUT2D eigenvalue weighted by molar-refractivity contribution is -0.139. The Kier molecular flexibility index (Phi) is 9.80. The number of hydrogen-bond donors (Lipinski definition) is 1. The second-order valence-corrected chi connectivity index (χ2v) is 9.56. The molecule has 0 aromatic heterocycles. The maximum Gasteiger partial charge on any atom is 0.399 e. The van der Waals surface area contributed by atoms with Gasteiger partial charge in [0.15, 0.2) is 0 Å². The van der Waals surface area contributed by atoms with E-state index in [4.69, 9.17) is 23.2 Å². The van der Waals surface area contributed by atoms with Gasteiger partial charge >= 0.3 is 12.4 Å². The number of thioether (sulfide) groups is 1. The maximum absolute atomic E-state index is 13.6. The zero-order chi connectivity index (χ0) is 25.7. The molecule has 2 nitrogen and oxygen atoms in total. The number of hydrogen-bond acceptors (Lipinski definition) is 2. The van der Waals surface area contributed by atoms with Gasteiger partial charge in [0.2, 0.25) is 0 Å². The van der Waals surface area contributed by atoms with E-state index in [-0.39, 0.29) is 26.9 Å². The molecule has 34 heavy (non-hydrogen) atoms. The fourth-order valence-electron chi connectivity index (χ4n) is 3.11. The van der Waals surface area contributed by atoms with Crippen LogP contribution in [0.5, 0.6) is 0 Å². The fraction of sp³-hybridized carbons (Fsp3) is 0.348. The van der Waals surface area contributed by atoms with E-state index in [0.717, 1.165) is 6.08 Å². The van der Waals surface area contributed by atoms with Crippen LogP contribution in [0.25, 0.3) is 6.08 Å². The summed E-state index contributed by atoms with van der Waals surface area (Å²) in [6.45, 7) is 3.21. The molecular formula is C23H21Cl2F6NOS. The summed E-state index contributed by atoms with van der Waals surface area (Å²) in [5, 5.41) is 2.80. The number of benzene rings is 2. The standard InChI is InChI=1S/C23H21Cl2F6NOS/c1-13-7-15(3-5-19(13)21(33)32-14(2)11-34-12-22(26,27)28)4-6-20(23(29,30)31)16-8-17(24)10-18(25)9-16/h3-10,14,20H,11-12H2,1-2H3,(H,32,33)/b6-4+. The van der Waals surface area contributed by atoms with E-state index in [9.17, 15) is 31.1 Å². The average molecular weight is 544 g/mol. The Bertz CT molecular complexity index is 1020. The van der Waals surface area contributed by atoms with Crippen LogP contribution < -0.4 is 5.32 Å². The number of carbonyl (C=O) groups is 1. The van der Waals surface area contributed by atoms with Crippen LogP contribution in [0.1, 0.15) is 39.9 Å². The molecule has 0 spiro atoms. The Hall–Kier alpha value is -1.84. The summed E-state index contributed by atoms with van der Waals surface area (Å²) in [5.74, 6) is -3.35. The normalized spacial score (nSPS) is 14.3. The Morgan fingerprint density at radius 3 is 2.21 bits per heavy atom. The molecule has 186 valence electrons. The molecule has 2 aromatic rings. The summed E-state index contributed by atoms with van der Waals surface area (Å²) in [4.78, 5) is 12.5. The van der Waals surface area contributed by atoms with Crippen molar-refractivity contribution < 1.29 is 31.1 Å². The monoisotopic (exact) mass is 543 g/mol. The molecule has 2 unspecified atom stereocenters. The highest BCUT2D eigenvalue weighted by atomic mass is 35.5. The van der Waals surface area contributed by atoms with E-state index < -0.39 is 36.0 Å². The zero-order valence-electron chi connectivity index (χ0n) is 18.0. The molecule has 2 atom stereocenters. The molecule has 0 radical (unpaired) electrons. The minimum absolute atomic E-state index is 0.0808. The maximum atomic E-state index is 13.6. The summed E-state index contributed by atoms with van der Waals surface area (Å²) < 4.78 is 77.7. The van der Waals surface area contributed by atoms with Gasteiger partial charge in [0, 0.05) is 27.4 Å². The van der Waals surface area contributed by atoms with Crippen LogP contribution in [-0.4, -0.2) is 35.8 Å². The van der Waals surface area contributed by atoms with Crippen LogP contribution in [0, 0.1) is 6.92 Å². The molecule has 0 heterocycles. The third-order valence-electron chi connectivity index (χ3n) is 4.58. The number of halogens is 8. The zero-order valence-corrected chi connectivity index (χ0v) is 20.4. The van der Waals surface area contributed by atoms with E-state index in [1.165, 1.54) is 36.4 Å². The van der Waals surface area contributed by atoms with Crippen molar-refractivity contribution in [1.29, 1.82) is 0 Å². The van der Waals surface area contributed by atoms with Gasteiger partial charge in [-0.3, -0.25) is 4.79 Å². The molecule has 0 fully saturated rings. The minimum Gasteiger partial charge on any atom is -0.349 e. The first-order valence-electron chi connectivity index (χ1n) is 9.92. The van der Waals surface area contributed by atoms with E-state index in [0.29, 0.717) is 22.9 Å². The number of alkyl halides is 6. The van der Waals surface area contributed by atoms with Gasteiger partial charge in [-0.25, -0.2) is 0 Å². The summed E-state index contributed by atoms with van der Waals surface area (Å²) in [6, 6.07) is 7.72. The average Bonchev–Trinajstić information content (AvgIpc) is 2.65. The smallest absolute Gasteiger partial charge is 0.349 e. The first-order valence-corrected chi connectivity index (χ1v) is 11.8. The summed E-state index contributed by atoms with van der Waals surface area (Å²) in [5.41, 5.74) is 1.11. The summed E-state index contributed by atoms with van der Waals surface area (Å²) in [6.07, 6.45) is -6.59. The van der Waals surface area contributed by atoms with E-state index in [1.807, 2.05) is 0 Å². The van der Waals surface area contributed by atoms with Crippen LogP contribution in [0.2, 0.25) is 10.0 Å². The molecule has 0 saturated heterocycles. The van der Waals surface area contributed by atoms with Gasteiger partial charge in [0.1, 0.15) is 0 Å². The van der Waals surface area contributed by atoms with Gasteiger partial charge in [-0.2, -0.15) is 38.1 Å².